The Morgan fingerprint density at radius 2 is 2.06 bits per heavy atom. The number of hydrogen-bond acceptors (Lipinski definition) is 3. The summed E-state index contributed by atoms with van der Waals surface area (Å²) in [6.07, 6.45) is 11.2. The Morgan fingerprint density at radius 1 is 1.11 bits per heavy atom. The molecule has 2 atom stereocenters. The maximum absolute atomic E-state index is 3.76. The van der Waals surface area contributed by atoms with Gasteiger partial charge in [0.1, 0.15) is 0 Å². The van der Waals surface area contributed by atoms with E-state index in [-0.39, 0.29) is 0 Å². The lowest BCUT2D eigenvalue weighted by Gasteiger charge is -2.23. The van der Waals surface area contributed by atoms with Crippen molar-refractivity contribution in [2.24, 2.45) is 0 Å². The molecule has 0 aromatic rings. The Bertz CT molecular complexity index is 246. The smallest absolute Gasteiger partial charge is 0.0207 e. The van der Waals surface area contributed by atoms with Gasteiger partial charge in [-0.3, -0.25) is 4.90 Å². The largest absolute Gasteiger partial charge is 0.314 e. The molecule has 3 aliphatic rings. The highest BCUT2D eigenvalue weighted by molar-refractivity contribution is 4.91. The molecule has 0 bridgehead atoms. The Morgan fingerprint density at radius 3 is 2.83 bits per heavy atom. The zero-order valence-electron chi connectivity index (χ0n) is 11.7. The van der Waals surface area contributed by atoms with Gasteiger partial charge in [0.05, 0.1) is 0 Å². The second-order valence-corrected chi connectivity index (χ2v) is 6.45. The van der Waals surface area contributed by atoms with Gasteiger partial charge >= 0.3 is 0 Å². The highest BCUT2D eigenvalue weighted by Gasteiger charge is 2.33. The van der Waals surface area contributed by atoms with E-state index in [1.54, 1.807) is 0 Å². The SMILES string of the molecule is C1CCC(CCCNC2CCN(C3CC3)C2)NC1. The number of hydrogen-bond donors (Lipinski definition) is 2. The average molecular weight is 251 g/mol. The van der Waals surface area contributed by atoms with E-state index in [1.807, 2.05) is 0 Å². The summed E-state index contributed by atoms with van der Waals surface area (Å²) < 4.78 is 0. The Hall–Kier alpha value is -0.120. The van der Waals surface area contributed by atoms with Gasteiger partial charge in [-0.15, -0.1) is 0 Å². The molecule has 3 nitrogen and oxygen atoms in total. The van der Waals surface area contributed by atoms with Crippen molar-refractivity contribution in [3.63, 3.8) is 0 Å². The van der Waals surface area contributed by atoms with Crippen LogP contribution in [0.25, 0.3) is 0 Å². The van der Waals surface area contributed by atoms with Crippen LogP contribution in [0, 0.1) is 0 Å². The Kier molecular flexibility index (Phi) is 4.55. The molecule has 0 spiro atoms. The molecule has 0 aromatic heterocycles. The molecular weight excluding hydrogens is 222 g/mol. The summed E-state index contributed by atoms with van der Waals surface area (Å²) in [5, 5.41) is 7.41. The molecule has 2 saturated heterocycles. The summed E-state index contributed by atoms with van der Waals surface area (Å²) in [5.74, 6) is 0. The second-order valence-electron chi connectivity index (χ2n) is 6.45. The van der Waals surface area contributed by atoms with E-state index < -0.39 is 0 Å². The fourth-order valence-corrected chi connectivity index (χ4v) is 3.55. The highest BCUT2D eigenvalue weighted by atomic mass is 15.2. The molecule has 1 saturated carbocycles. The van der Waals surface area contributed by atoms with Crippen LogP contribution in [0.3, 0.4) is 0 Å². The van der Waals surface area contributed by atoms with Gasteiger partial charge in [0.15, 0.2) is 0 Å². The van der Waals surface area contributed by atoms with Crippen molar-refractivity contribution in [2.45, 2.75) is 69.5 Å². The number of likely N-dealkylation sites (tertiary alicyclic amines) is 1. The zero-order valence-corrected chi connectivity index (χ0v) is 11.7. The van der Waals surface area contributed by atoms with Crippen LogP contribution in [0.5, 0.6) is 0 Å². The van der Waals surface area contributed by atoms with Crippen LogP contribution >= 0.6 is 0 Å². The normalized spacial score (nSPS) is 34.0. The lowest BCUT2D eigenvalue weighted by atomic mass is 10.0. The molecular formula is C15H29N3. The third kappa shape index (κ3) is 3.69. The van der Waals surface area contributed by atoms with Gasteiger partial charge in [-0.25, -0.2) is 0 Å². The van der Waals surface area contributed by atoms with Crippen molar-refractivity contribution in [1.82, 2.24) is 15.5 Å². The van der Waals surface area contributed by atoms with E-state index in [0.29, 0.717) is 0 Å². The van der Waals surface area contributed by atoms with Crippen molar-refractivity contribution < 1.29 is 0 Å². The second kappa shape index (κ2) is 6.36. The van der Waals surface area contributed by atoms with Gasteiger partial charge < -0.3 is 10.6 Å². The lowest BCUT2D eigenvalue weighted by molar-refractivity contribution is 0.316. The first kappa shape index (κ1) is 12.9. The summed E-state index contributed by atoms with van der Waals surface area (Å²) in [4.78, 5) is 2.69. The van der Waals surface area contributed by atoms with Crippen molar-refractivity contribution in [3.05, 3.63) is 0 Å². The first-order chi connectivity index (χ1) is 8.92. The van der Waals surface area contributed by atoms with Gasteiger partial charge in [-0.05, 0) is 58.0 Å². The maximum atomic E-state index is 3.76. The van der Waals surface area contributed by atoms with E-state index >= 15 is 0 Å². The Balaban J connectivity index is 1.24. The van der Waals surface area contributed by atoms with Crippen LogP contribution in [0.1, 0.15) is 51.4 Å². The van der Waals surface area contributed by atoms with Crippen LogP contribution in [0.4, 0.5) is 0 Å². The average Bonchev–Trinajstić information content (AvgIpc) is 3.16. The molecule has 3 fully saturated rings. The fourth-order valence-electron chi connectivity index (χ4n) is 3.55. The van der Waals surface area contributed by atoms with Crippen molar-refractivity contribution in [1.29, 1.82) is 0 Å². The van der Waals surface area contributed by atoms with Gasteiger partial charge in [0.2, 0.25) is 0 Å². The third-order valence-electron chi connectivity index (χ3n) is 4.86. The fraction of sp³-hybridized carbons (Fsp3) is 1.00. The first-order valence-corrected chi connectivity index (χ1v) is 8.12. The molecule has 2 unspecified atom stereocenters. The lowest BCUT2D eigenvalue weighted by Crippen LogP contribution is -2.36. The third-order valence-corrected chi connectivity index (χ3v) is 4.86. The molecule has 3 heteroatoms. The highest BCUT2D eigenvalue weighted by Crippen LogP contribution is 2.29. The van der Waals surface area contributed by atoms with Gasteiger partial charge in [-0.2, -0.15) is 0 Å². The molecule has 2 aliphatic heterocycles. The zero-order chi connectivity index (χ0) is 12.2. The Labute approximate surface area is 112 Å². The molecule has 2 N–H and O–H groups in total. The minimum Gasteiger partial charge on any atom is -0.314 e. The van der Waals surface area contributed by atoms with Crippen LogP contribution in [0.2, 0.25) is 0 Å². The number of piperidine rings is 1. The van der Waals surface area contributed by atoms with E-state index in [2.05, 4.69) is 15.5 Å². The van der Waals surface area contributed by atoms with Crippen molar-refractivity contribution >= 4 is 0 Å². The monoisotopic (exact) mass is 251 g/mol. The molecule has 18 heavy (non-hydrogen) atoms. The van der Waals surface area contributed by atoms with E-state index in [0.717, 1.165) is 18.1 Å². The van der Waals surface area contributed by atoms with Gasteiger partial charge in [0.25, 0.3) is 0 Å². The summed E-state index contributed by atoms with van der Waals surface area (Å²) in [6, 6.07) is 2.56. The summed E-state index contributed by atoms with van der Waals surface area (Å²) in [7, 11) is 0. The summed E-state index contributed by atoms with van der Waals surface area (Å²) in [5.41, 5.74) is 0. The topological polar surface area (TPSA) is 27.3 Å². The number of nitrogens with one attached hydrogen (secondary N) is 2. The van der Waals surface area contributed by atoms with Crippen molar-refractivity contribution in [2.75, 3.05) is 26.2 Å². The van der Waals surface area contributed by atoms with Gasteiger partial charge in [-0.1, -0.05) is 6.42 Å². The predicted octanol–water partition coefficient (Wildman–Crippen LogP) is 1.74. The number of rotatable bonds is 6. The quantitative estimate of drug-likeness (QED) is 0.704. The molecule has 0 amide bonds. The molecule has 104 valence electrons. The predicted molar refractivity (Wildman–Crippen MR) is 75.9 cm³/mol. The van der Waals surface area contributed by atoms with Crippen LogP contribution in [0.15, 0.2) is 0 Å². The summed E-state index contributed by atoms with van der Waals surface area (Å²) >= 11 is 0. The summed E-state index contributed by atoms with van der Waals surface area (Å²) in [6.45, 7) is 5.12. The maximum Gasteiger partial charge on any atom is 0.0207 e. The minimum atomic E-state index is 0.782. The van der Waals surface area contributed by atoms with E-state index in [1.165, 1.54) is 77.5 Å². The molecule has 0 aromatic carbocycles. The minimum absolute atomic E-state index is 0.782. The van der Waals surface area contributed by atoms with Crippen LogP contribution in [-0.2, 0) is 0 Å². The molecule has 2 heterocycles. The molecule has 1 aliphatic carbocycles. The van der Waals surface area contributed by atoms with Crippen LogP contribution < -0.4 is 10.6 Å². The molecule has 3 rings (SSSR count). The van der Waals surface area contributed by atoms with Crippen molar-refractivity contribution in [3.8, 4) is 0 Å². The first-order valence-electron chi connectivity index (χ1n) is 8.12. The van der Waals surface area contributed by atoms with E-state index in [4.69, 9.17) is 0 Å². The standard InChI is InChI=1S/C15H29N3/c1-2-9-16-13(4-1)5-3-10-17-14-8-11-18(12-14)15-6-7-15/h13-17H,1-12H2. The molecule has 0 radical (unpaired) electrons. The van der Waals surface area contributed by atoms with E-state index in [9.17, 15) is 0 Å². The van der Waals surface area contributed by atoms with Crippen LogP contribution in [-0.4, -0.2) is 49.2 Å². The van der Waals surface area contributed by atoms with Gasteiger partial charge in [0, 0.05) is 31.2 Å². The number of nitrogens with zero attached hydrogens (tertiary/aromatic N) is 1.